The van der Waals surface area contributed by atoms with Crippen molar-refractivity contribution in [2.45, 2.75) is 51.8 Å². The average molecular weight is 484 g/mol. The Labute approximate surface area is 195 Å². The van der Waals surface area contributed by atoms with Gasteiger partial charge < -0.3 is 19.3 Å². The second kappa shape index (κ2) is 10.4. The summed E-state index contributed by atoms with van der Waals surface area (Å²) in [5, 5.41) is 5.17. The van der Waals surface area contributed by atoms with Crippen molar-refractivity contribution in [3.63, 3.8) is 0 Å². The average Bonchev–Trinajstić information content (AvgIpc) is 2.92. The fraction of sp³-hybridized carbons (Fsp3) is 0.545. The van der Waals surface area contributed by atoms with Gasteiger partial charge in [0, 0.05) is 39.0 Å². The van der Waals surface area contributed by atoms with E-state index in [1.807, 2.05) is 13.8 Å². The summed E-state index contributed by atoms with van der Waals surface area (Å²) >= 11 is 0. The van der Waals surface area contributed by atoms with Crippen molar-refractivity contribution in [3.05, 3.63) is 29.8 Å². The molecule has 0 unspecified atom stereocenters. The van der Waals surface area contributed by atoms with E-state index in [-0.39, 0.29) is 68.4 Å². The van der Waals surface area contributed by atoms with Gasteiger partial charge in [-0.1, -0.05) is 12.1 Å². The summed E-state index contributed by atoms with van der Waals surface area (Å²) in [6.07, 6.45) is -4.95. The summed E-state index contributed by atoms with van der Waals surface area (Å²) in [4.78, 5) is 40.6. The Bertz CT molecular complexity index is 949. The SMILES string of the molecule is CC(C)N1C[C@H](OCc2ccc(OC(F)(F)F)cc2)CN(C(=O)C2=NN(C)C(=O)CC2)CC1=O. The van der Waals surface area contributed by atoms with Crippen molar-refractivity contribution in [2.24, 2.45) is 5.10 Å². The highest BCUT2D eigenvalue weighted by molar-refractivity contribution is 6.39. The minimum atomic E-state index is -4.77. The van der Waals surface area contributed by atoms with Crippen LogP contribution in [0, 0.1) is 0 Å². The third-order valence-electron chi connectivity index (χ3n) is 5.48. The Hall–Kier alpha value is -3.15. The molecular formula is C22H27F3N4O5. The normalized spacial score (nSPS) is 19.9. The van der Waals surface area contributed by atoms with Gasteiger partial charge in [0.25, 0.3) is 5.91 Å². The topological polar surface area (TPSA) is 91.8 Å². The molecule has 0 bridgehead atoms. The fourth-order valence-electron chi connectivity index (χ4n) is 3.71. The zero-order valence-corrected chi connectivity index (χ0v) is 19.2. The van der Waals surface area contributed by atoms with E-state index in [2.05, 4.69) is 9.84 Å². The van der Waals surface area contributed by atoms with Gasteiger partial charge in [-0.2, -0.15) is 5.10 Å². The van der Waals surface area contributed by atoms with Gasteiger partial charge in [-0.3, -0.25) is 14.4 Å². The summed E-state index contributed by atoms with van der Waals surface area (Å²) in [6.45, 7) is 4.02. The molecule has 1 saturated heterocycles. The number of alkyl halides is 3. The molecule has 0 saturated carbocycles. The van der Waals surface area contributed by atoms with Gasteiger partial charge >= 0.3 is 6.36 Å². The Morgan fingerprint density at radius 3 is 2.38 bits per heavy atom. The van der Waals surface area contributed by atoms with Gasteiger partial charge in [0.05, 0.1) is 12.7 Å². The highest BCUT2D eigenvalue weighted by atomic mass is 19.4. The first-order valence-corrected chi connectivity index (χ1v) is 10.8. The molecule has 0 N–H and O–H groups in total. The van der Waals surface area contributed by atoms with E-state index < -0.39 is 18.4 Å². The van der Waals surface area contributed by atoms with Crippen LogP contribution in [0.3, 0.4) is 0 Å². The monoisotopic (exact) mass is 484 g/mol. The maximum absolute atomic E-state index is 13.1. The van der Waals surface area contributed by atoms with Crippen LogP contribution in [0.1, 0.15) is 32.3 Å². The lowest BCUT2D eigenvalue weighted by molar-refractivity contribution is -0.274. The van der Waals surface area contributed by atoms with E-state index in [0.29, 0.717) is 5.56 Å². The first-order chi connectivity index (χ1) is 15.9. The predicted molar refractivity (Wildman–Crippen MR) is 115 cm³/mol. The third-order valence-corrected chi connectivity index (χ3v) is 5.48. The largest absolute Gasteiger partial charge is 0.573 e. The number of hydrogen-bond donors (Lipinski definition) is 0. The van der Waals surface area contributed by atoms with E-state index >= 15 is 0 Å². The number of rotatable bonds is 6. The first kappa shape index (κ1) is 25.5. The van der Waals surface area contributed by atoms with E-state index in [1.54, 1.807) is 4.90 Å². The molecule has 2 aliphatic heterocycles. The van der Waals surface area contributed by atoms with Crippen LogP contribution >= 0.6 is 0 Å². The second-order valence-corrected chi connectivity index (χ2v) is 8.41. The number of benzene rings is 1. The van der Waals surface area contributed by atoms with Crippen molar-refractivity contribution >= 4 is 23.4 Å². The highest BCUT2D eigenvalue weighted by Gasteiger charge is 2.35. The Morgan fingerprint density at radius 1 is 1.12 bits per heavy atom. The van der Waals surface area contributed by atoms with E-state index in [0.717, 1.165) is 5.01 Å². The number of hydrogen-bond acceptors (Lipinski definition) is 6. The van der Waals surface area contributed by atoms with Crippen molar-refractivity contribution in [1.29, 1.82) is 0 Å². The van der Waals surface area contributed by atoms with E-state index in [4.69, 9.17) is 4.74 Å². The molecule has 0 radical (unpaired) electrons. The van der Waals surface area contributed by atoms with Crippen LogP contribution in [-0.4, -0.2) is 83.4 Å². The number of amides is 3. The minimum absolute atomic E-state index is 0.0668. The zero-order valence-electron chi connectivity index (χ0n) is 19.2. The number of carbonyl (C=O) groups is 3. The maximum Gasteiger partial charge on any atom is 0.573 e. The Balaban J connectivity index is 1.71. The molecule has 1 atom stereocenters. The van der Waals surface area contributed by atoms with Crippen LogP contribution in [0.25, 0.3) is 0 Å². The summed E-state index contributed by atoms with van der Waals surface area (Å²) < 4.78 is 46.9. The second-order valence-electron chi connectivity index (χ2n) is 8.41. The lowest BCUT2D eigenvalue weighted by Crippen LogP contribution is -2.45. The van der Waals surface area contributed by atoms with E-state index in [1.165, 1.54) is 36.2 Å². The molecule has 9 nitrogen and oxygen atoms in total. The zero-order chi connectivity index (χ0) is 25.0. The van der Waals surface area contributed by atoms with Gasteiger partial charge in [0.1, 0.15) is 18.0 Å². The molecule has 0 aromatic heterocycles. The summed E-state index contributed by atoms with van der Waals surface area (Å²) in [5.41, 5.74) is 0.808. The molecule has 186 valence electrons. The smallest absolute Gasteiger partial charge is 0.406 e. The standard InChI is InChI=1S/C22H27F3N4O5/c1-14(2)29-11-17(33-13-15-4-6-16(7-5-15)34-22(23,24)25)10-28(12-20(29)31)21(32)18-8-9-19(30)27(3)26-18/h4-7,14,17H,8-13H2,1-3H3/t17-/m1/s1. The summed E-state index contributed by atoms with van der Waals surface area (Å²) in [7, 11) is 1.47. The van der Waals surface area contributed by atoms with Crippen molar-refractivity contribution in [2.75, 3.05) is 26.7 Å². The summed E-state index contributed by atoms with van der Waals surface area (Å²) in [6, 6.07) is 5.17. The molecular weight excluding hydrogens is 457 g/mol. The van der Waals surface area contributed by atoms with Crippen LogP contribution < -0.4 is 4.74 Å². The number of nitrogens with zero attached hydrogens (tertiary/aromatic N) is 4. The Kier molecular flexibility index (Phi) is 7.80. The molecule has 1 aromatic carbocycles. The van der Waals surface area contributed by atoms with Gasteiger partial charge in [0.15, 0.2) is 0 Å². The lowest BCUT2D eigenvalue weighted by atomic mass is 10.1. The van der Waals surface area contributed by atoms with Crippen LogP contribution in [0.2, 0.25) is 0 Å². The van der Waals surface area contributed by atoms with Gasteiger partial charge in [0.2, 0.25) is 11.8 Å². The third kappa shape index (κ3) is 6.69. The lowest BCUT2D eigenvalue weighted by Gasteiger charge is -2.27. The summed E-state index contributed by atoms with van der Waals surface area (Å²) in [5.74, 6) is -1.19. The number of carbonyl (C=O) groups excluding carboxylic acids is 3. The van der Waals surface area contributed by atoms with Crippen LogP contribution in [0.4, 0.5) is 13.2 Å². The van der Waals surface area contributed by atoms with Crippen LogP contribution in [-0.2, 0) is 25.7 Å². The molecule has 12 heteroatoms. The maximum atomic E-state index is 13.1. The molecule has 0 aliphatic carbocycles. The van der Waals surface area contributed by atoms with Gasteiger partial charge in [-0.15, -0.1) is 13.2 Å². The number of ether oxygens (including phenoxy) is 2. The van der Waals surface area contributed by atoms with Gasteiger partial charge in [-0.05, 0) is 31.5 Å². The Morgan fingerprint density at radius 2 is 1.79 bits per heavy atom. The molecule has 2 aliphatic rings. The number of hydrazone groups is 1. The molecule has 1 fully saturated rings. The highest BCUT2D eigenvalue weighted by Crippen LogP contribution is 2.23. The number of halogens is 3. The molecule has 3 rings (SSSR count). The molecule has 0 spiro atoms. The van der Waals surface area contributed by atoms with Crippen LogP contribution in [0.5, 0.6) is 5.75 Å². The molecule has 1 aromatic rings. The minimum Gasteiger partial charge on any atom is -0.406 e. The van der Waals surface area contributed by atoms with Gasteiger partial charge in [-0.25, -0.2) is 5.01 Å². The molecule has 2 heterocycles. The molecule has 34 heavy (non-hydrogen) atoms. The van der Waals surface area contributed by atoms with Crippen molar-refractivity contribution < 1.29 is 37.0 Å². The van der Waals surface area contributed by atoms with Crippen molar-refractivity contribution in [3.8, 4) is 5.75 Å². The van der Waals surface area contributed by atoms with Crippen LogP contribution in [0.15, 0.2) is 29.4 Å². The molecule has 3 amide bonds. The first-order valence-electron chi connectivity index (χ1n) is 10.8. The fourth-order valence-corrected chi connectivity index (χ4v) is 3.71. The van der Waals surface area contributed by atoms with E-state index in [9.17, 15) is 27.6 Å². The van der Waals surface area contributed by atoms with Crippen molar-refractivity contribution in [1.82, 2.24) is 14.8 Å². The quantitative estimate of drug-likeness (QED) is 0.617. The predicted octanol–water partition coefficient (Wildman–Crippen LogP) is 2.16.